The summed E-state index contributed by atoms with van der Waals surface area (Å²) in [6.45, 7) is 0.495. The maximum Gasteiger partial charge on any atom is 0.310 e. The molecular formula is C10H10N4O2. The molecule has 0 fully saturated rings. The third-order valence-corrected chi connectivity index (χ3v) is 2.11. The Kier molecular flexibility index (Phi) is 2.81. The van der Waals surface area contributed by atoms with E-state index in [0.29, 0.717) is 12.4 Å². The highest BCUT2D eigenvalue weighted by Gasteiger charge is 2.13. The van der Waals surface area contributed by atoms with Crippen LogP contribution in [0.25, 0.3) is 0 Å². The number of nitro groups is 1. The summed E-state index contributed by atoms with van der Waals surface area (Å²) >= 11 is 0. The molecule has 6 nitrogen and oxygen atoms in total. The van der Waals surface area contributed by atoms with Gasteiger partial charge in [-0.15, -0.1) is 0 Å². The number of aromatic nitrogens is 2. The molecule has 6 heteroatoms. The van der Waals surface area contributed by atoms with Crippen LogP contribution in [0.3, 0.4) is 0 Å². The number of rotatable bonds is 4. The lowest BCUT2D eigenvalue weighted by Gasteiger charge is -2.03. The second-order valence-electron chi connectivity index (χ2n) is 3.21. The van der Waals surface area contributed by atoms with Crippen LogP contribution >= 0.6 is 0 Å². The lowest BCUT2D eigenvalue weighted by atomic mass is 10.3. The first-order chi connectivity index (χ1) is 7.77. The van der Waals surface area contributed by atoms with Crippen molar-refractivity contribution in [1.29, 1.82) is 0 Å². The predicted octanol–water partition coefficient (Wildman–Crippen LogP) is 1.93. The zero-order valence-corrected chi connectivity index (χ0v) is 8.38. The molecule has 0 aliphatic heterocycles. The van der Waals surface area contributed by atoms with Gasteiger partial charge in [0.15, 0.2) is 5.82 Å². The Hall–Kier alpha value is -2.37. The van der Waals surface area contributed by atoms with Gasteiger partial charge in [-0.2, -0.15) is 0 Å². The fourth-order valence-electron chi connectivity index (χ4n) is 1.35. The van der Waals surface area contributed by atoms with E-state index >= 15 is 0 Å². The second kappa shape index (κ2) is 4.43. The van der Waals surface area contributed by atoms with Gasteiger partial charge in [-0.05, 0) is 11.6 Å². The zero-order valence-electron chi connectivity index (χ0n) is 8.38. The molecule has 0 aliphatic rings. The summed E-state index contributed by atoms with van der Waals surface area (Å²) in [6.07, 6.45) is 4.92. The Bertz CT molecular complexity index is 481. The van der Waals surface area contributed by atoms with Crippen LogP contribution < -0.4 is 5.32 Å². The number of nitrogens with zero attached hydrogens (tertiary/aromatic N) is 2. The van der Waals surface area contributed by atoms with Gasteiger partial charge in [-0.3, -0.25) is 15.1 Å². The van der Waals surface area contributed by atoms with Gasteiger partial charge in [0.05, 0.1) is 4.92 Å². The molecule has 2 rings (SSSR count). The van der Waals surface area contributed by atoms with Crippen LogP contribution in [0.15, 0.2) is 36.8 Å². The van der Waals surface area contributed by atoms with E-state index in [1.807, 2.05) is 12.1 Å². The number of hydrogen-bond donors (Lipinski definition) is 2. The van der Waals surface area contributed by atoms with Gasteiger partial charge in [-0.1, -0.05) is 6.07 Å². The van der Waals surface area contributed by atoms with E-state index in [9.17, 15) is 10.1 Å². The van der Waals surface area contributed by atoms with Crippen molar-refractivity contribution in [3.63, 3.8) is 0 Å². The van der Waals surface area contributed by atoms with Gasteiger partial charge in [0.1, 0.15) is 0 Å². The minimum atomic E-state index is -0.428. The summed E-state index contributed by atoms with van der Waals surface area (Å²) < 4.78 is 0. The van der Waals surface area contributed by atoms with Crippen LogP contribution in [0.2, 0.25) is 0 Å². The summed E-state index contributed by atoms with van der Waals surface area (Å²) in [4.78, 5) is 16.9. The van der Waals surface area contributed by atoms with Crippen molar-refractivity contribution in [3.05, 3.63) is 52.5 Å². The quantitative estimate of drug-likeness (QED) is 0.606. The molecular weight excluding hydrogens is 208 g/mol. The van der Waals surface area contributed by atoms with Crippen LogP contribution in [0.1, 0.15) is 5.56 Å². The largest absolute Gasteiger partial charge is 0.362 e. The van der Waals surface area contributed by atoms with Crippen LogP contribution in [0.5, 0.6) is 0 Å². The monoisotopic (exact) mass is 218 g/mol. The molecule has 0 saturated carbocycles. The van der Waals surface area contributed by atoms with Crippen LogP contribution in [-0.2, 0) is 6.54 Å². The summed E-state index contributed by atoms with van der Waals surface area (Å²) in [6, 6.07) is 5.14. The Morgan fingerprint density at radius 1 is 1.50 bits per heavy atom. The fraction of sp³-hybridized carbons (Fsp3) is 0.100. The zero-order chi connectivity index (χ0) is 11.4. The van der Waals surface area contributed by atoms with Gasteiger partial charge in [0.25, 0.3) is 0 Å². The van der Waals surface area contributed by atoms with Crippen molar-refractivity contribution in [2.45, 2.75) is 6.54 Å². The Morgan fingerprint density at radius 3 is 3.06 bits per heavy atom. The van der Waals surface area contributed by atoms with Gasteiger partial charge in [0.2, 0.25) is 0 Å². The first-order valence-corrected chi connectivity index (χ1v) is 4.72. The van der Waals surface area contributed by atoms with Gasteiger partial charge in [-0.25, -0.2) is 0 Å². The maximum atomic E-state index is 10.6. The van der Waals surface area contributed by atoms with Crippen molar-refractivity contribution < 1.29 is 4.92 Å². The summed E-state index contributed by atoms with van der Waals surface area (Å²) in [5, 5.41) is 13.6. The maximum absolute atomic E-state index is 10.6. The molecule has 16 heavy (non-hydrogen) atoms. The predicted molar refractivity (Wildman–Crippen MR) is 59.0 cm³/mol. The van der Waals surface area contributed by atoms with Crippen molar-refractivity contribution in [2.24, 2.45) is 0 Å². The van der Waals surface area contributed by atoms with E-state index in [1.54, 1.807) is 12.4 Å². The molecule has 0 radical (unpaired) electrons. The Balaban J connectivity index is 2.05. The molecule has 2 aromatic heterocycles. The molecule has 2 N–H and O–H groups in total. The van der Waals surface area contributed by atoms with Gasteiger partial charge >= 0.3 is 5.69 Å². The number of anilines is 1. The average Bonchev–Trinajstić information content (AvgIpc) is 2.76. The Morgan fingerprint density at radius 2 is 2.38 bits per heavy atom. The smallest absolute Gasteiger partial charge is 0.310 e. The number of hydrogen-bond acceptors (Lipinski definition) is 4. The van der Waals surface area contributed by atoms with E-state index in [-0.39, 0.29) is 5.69 Å². The molecule has 82 valence electrons. The highest BCUT2D eigenvalue weighted by molar-refractivity contribution is 5.56. The molecule has 0 aromatic carbocycles. The van der Waals surface area contributed by atoms with E-state index in [0.717, 1.165) is 5.56 Å². The van der Waals surface area contributed by atoms with E-state index < -0.39 is 4.92 Å². The number of H-pyrrole nitrogens is 1. The molecule has 0 saturated heterocycles. The van der Waals surface area contributed by atoms with Crippen molar-refractivity contribution in [1.82, 2.24) is 9.97 Å². The average molecular weight is 218 g/mol. The van der Waals surface area contributed by atoms with Crippen LogP contribution in [0.4, 0.5) is 11.5 Å². The standard InChI is InChI=1S/C10H10N4O2/c15-14(16)9-3-5-12-10(9)13-7-8-2-1-4-11-6-8/h1-6,12-13H,7H2. The summed E-state index contributed by atoms with van der Waals surface area (Å²) in [5.41, 5.74) is 1.01. The normalized spacial score (nSPS) is 10.0. The lowest BCUT2D eigenvalue weighted by Crippen LogP contribution is -2.02. The van der Waals surface area contributed by atoms with E-state index in [4.69, 9.17) is 0 Å². The van der Waals surface area contributed by atoms with Gasteiger partial charge in [0, 0.05) is 31.2 Å². The van der Waals surface area contributed by atoms with Crippen LogP contribution in [0, 0.1) is 10.1 Å². The lowest BCUT2D eigenvalue weighted by molar-refractivity contribution is -0.383. The van der Waals surface area contributed by atoms with Gasteiger partial charge < -0.3 is 10.3 Å². The summed E-state index contributed by atoms with van der Waals surface area (Å²) in [7, 11) is 0. The highest BCUT2D eigenvalue weighted by atomic mass is 16.6. The molecule has 0 atom stereocenters. The number of pyridine rings is 1. The molecule has 2 aromatic rings. The topological polar surface area (TPSA) is 83.8 Å². The number of aromatic amines is 1. The highest BCUT2D eigenvalue weighted by Crippen LogP contribution is 2.21. The third kappa shape index (κ3) is 2.17. The number of nitrogens with one attached hydrogen (secondary N) is 2. The molecule has 0 spiro atoms. The fourth-order valence-corrected chi connectivity index (χ4v) is 1.35. The minimum absolute atomic E-state index is 0.0453. The van der Waals surface area contributed by atoms with Crippen molar-refractivity contribution in [2.75, 3.05) is 5.32 Å². The first-order valence-electron chi connectivity index (χ1n) is 4.72. The second-order valence-corrected chi connectivity index (χ2v) is 3.21. The van der Waals surface area contributed by atoms with E-state index in [2.05, 4.69) is 15.3 Å². The summed E-state index contributed by atoms with van der Waals surface area (Å²) in [5.74, 6) is 0.411. The van der Waals surface area contributed by atoms with Crippen LogP contribution in [-0.4, -0.2) is 14.9 Å². The third-order valence-electron chi connectivity index (χ3n) is 2.11. The molecule has 2 heterocycles. The SMILES string of the molecule is O=[N+]([O-])c1cc[nH]c1NCc1cccnc1. The minimum Gasteiger partial charge on any atom is -0.362 e. The molecule has 0 amide bonds. The van der Waals surface area contributed by atoms with E-state index in [1.165, 1.54) is 12.3 Å². The molecule has 0 unspecified atom stereocenters. The first kappa shape index (κ1) is 10.2. The van der Waals surface area contributed by atoms with Crippen molar-refractivity contribution >= 4 is 11.5 Å². The van der Waals surface area contributed by atoms with Crippen molar-refractivity contribution in [3.8, 4) is 0 Å². The Labute approximate surface area is 91.5 Å². The molecule has 0 aliphatic carbocycles. The molecule has 0 bridgehead atoms.